The summed E-state index contributed by atoms with van der Waals surface area (Å²) in [6.45, 7) is 4.39. The zero-order chi connectivity index (χ0) is 33.0. The van der Waals surface area contributed by atoms with E-state index >= 15 is 4.39 Å². The van der Waals surface area contributed by atoms with Crippen LogP contribution in [0, 0.1) is 5.82 Å². The smallest absolute Gasteiger partial charge is 0.413 e. The topological polar surface area (TPSA) is 113 Å². The molecule has 4 aromatic rings. The molecule has 2 N–H and O–H groups in total. The lowest BCUT2D eigenvalue weighted by molar-refractivity contribution is 0.199. The van der Waals surface area contributed by atoms with E-state index in [0.29, 0.717) is 57.4 Å². The number of nitrogens with one attached hydrogen (secondary N) is 1. The first-order valence-electron chi connectivity index (χ1n) is 14.6. The summed E-state index contributed by atoms with van der Waals surface area (Å²) in [5, 5.41) is 14.1. The van der Waals surface area contributed by atoms with Crippen molar-refractivity contribution in [3.8, 4) is 17.2 Å². The summed E-state index contributed by atoms with van der Waals surface area (Å²) in [5.74, 6) is 0.979. The fourth-order valence-electron chi connectivity index (χ4n) is 5.53. The van der Waals surface area contributed by atoms with Gasteiger partial charge in [0.05, 0.1) is 33.1 Å². The van der Waals surface area contributed by atoms with Crippen molar-refractivity contribution < 1.29 is 28.5 Å². The Balaban J connectivity index is 1.54. The molecule has 1 aromatic heterocycles. The third kappa shape index (κ3) is 6.87. The summed E-state index contributed by atoms with van der Waals surface area (Å²) in [5.41, 5.74) is 1.87. The van der Waals surface area contributed by atoms with Crippen LogP contribution in [-0.2, 0) is 0 Å². The predicted octanol–water partition coefficient (Wildman–Crippen LogP) is 6.45. The zero-order valence-electron chi connectivity index (χ0n) is 26.2. The van der Waals surface area contributed by atoms with E-state index in [2.05, 4.69) is 34.2 Å². The minimum absolute atomic E-state index is 0.0420. The molecule has 0 radical (unpaired) electrons. The normalized spacial score (nSPS) is 15.6. The predicted molar refractivity (Wildman–Crippen MR) is 176 cm³/mol. The minimum Gasteiger partial charge on any atom is -0.497 e. The third-order valence-corrected chi connectivity index (χ3v) is 8.31. The van der Waals surface area contributed by atoms with Crippen LogP contribution in [0.25, 0.3) is 0 Å². The van der Waals surface area contributed by atoms with E-state index in [0.717, 1.165) is 18.0 Å². The molecule has 5 rings (SSSR count). The van der Waals surface area contributed by atoms with Crippen molar-refractivity contribution in [2.45, 2.75) is 19.0 Å². The highest BCUT2D eigenvalue weighted by molar-refractivity contribution is 6.30. The molecule has 1 amide bonds. The van der Waals surface area contributed by atoms with Gasteiger partial charge in [-0.1, -0.05) is 17.7 Å². The maximum atomic E-state index is 15.3. The van der Waals surface area contributed by atoms with Gasteiger partial charge in [-0.3, -0.25) is 0 Å². The maximum Gasteiger partial charge on any atom is 0.413 e. The second-order valence-corrected chi connectivity index (χ2v) is 11.3. The van der Waals surface area contributed by atoms with E-state index in [9.17, 15) is 9.90 Å². The number of hydrogen-bond donors (Lipinski definition) is 2. The lowest BCUT2D eigenvalue weighted by Gasteiger charge is -2.39. The number of likely N-dealkylation sites (N-methyl/N-ethyl adjacent to an activating group) is 1. The average molecular weight is 651 g/mol. The van der Waals surface area contributed by atoms with Crippen molar-refractivity contribution >= 4 is 40.8 Å². The van der Waals surface area contributed by atoms with Crippen LogP contribution < -0.4 is 29.3 Å². The molecule has 0 saturated carbocycles. The number of benzene rings is 3. The highest BCUT2D eigenvalue weighted by Crippen LogP contribution is 2.43. The summed E-state index contributed by atoms with van der Waals surface area (Å²) in [6, 6.07) is 15.6. The second kappa shape index (κ2) is 14.1. The van der Waals surface area contributed by atoms with Crippen LogP contribution in [0.4, 0.5) is 32.3 Å². The van der Waals surface area contributed by atoms with Crippen LogP contribution in [0.3, 0.4) is 0 Å². The highest BCUT2D eigenvalue weighted by Gasteiger charge is 2.34. The van der Waals surface area contributed by atoms with Crippen molar-refractivity contribution in [1.82, 2.24) is 14.9 Å². The van der Waals surface area contributed by atoms with Gasteiger partial charge in [-0.25, -0.2) is 19.1 Å². The Labute approximate surface area is 272 Å². The van der Waals surface area contributed by atoms with Crippen molar-refractivity contribution in [3.05, 3.63) is 88.8 Å². The molecular weight excluding hydrogens is 615 g/mol. The molecule has 11 nitrogen and oxygen atoms in total. The Kier molecular flexibility index (Phi) is 9.98. The van der Waals surface area contributed by atoms with E-state index < -0.39 is 12.1 Å². The van der Waals surface area contributed by atoms with Crippen molar-refractivity contribution in [3.63, 3.8) is 0 Å². The first-order valence-corrected chi connectivity index (χ1v) is 14.9. The maximum absolute atomic E-state index is 15.3. The van der Waals surface area contributed by atoms with Gasteiger partial charge in [0.25, 0.3) is 0 Å². The van der Waals surface area contributed by atoms with Crippen LogP contribution in [-0.4, -0.2) is 80.1 Å². The molecule has 0 aliphatic carbocycles. The number of hydrogen-bond acceptors (Lipinski definition) is 9. The zero-order valence-corrected chi connectivity index (χ0v) is 27.0. The molecule has 242 valence electrons. The quantitative estimate of drug-likeness (QED) is 0.198. The molecule has 1 aliphatic heterocycles. The monoisotopic (exact) mass is 650 g/mol. The molecule has 1 saturated heterocycles. The number of piperazine rings is 1. The van der Waals surface area contributed by atoms with Gasteiger partial charge < -0.3 is 34.4 Å². The van der Waals surface area contributed by atoms with Crippen molar-refractivity contribution in [2.24, 2.45) is 0 Å². The Hall–Kier alpha value is -4.81. The summed E-state index contributed by atoms with van der Waals surface area (Å²) < 4.78 is 32.1. The largest absolute Gasteiger partial charge is 0.497 e. The Morgan fingerprint density at radius 3 is 2.48 bits per heavy atom. The van der Waals surface area contributed by atoms with Crippen LogP contribution in [0.5, 0.6) is 17.2 Å². The van der Waals surface area contributed by atoms with Crippen LogP contribution >= 0.6 is 11.6 Å². The van der Waals surface area contributed by atoms with Gasteiger partial charge in [0.2, 0.25) is 5.95 Å². The van der Waals surface area contributed by atoms with E-state index in [1.54, 1.807) is 48.5 Å². The van der Waals surface area contributed by atoms with Gasteiger partial charge in [0.15, 0.2) is 0 Å². The lowest BCUT2D eigenvalue weighted by Crippen LogP contribution is -2.50. The number of carboxylic acid groups (broad SMARTS) is 1. The summed E-state index contributed by atoms with van der Waals surface area (Å²) >= 11 is 6.27. The number of methoxy groups -OCH3 is 3. The van der Waals surface area contributed by atoms with Crippen molar-refractivity contribution in [1.29, 1.82) is 0 Å². The number of rotatable bonds is 10. The van der Waals surface area contributed by atoms with E-state index in [1.807, 2.05) is 4.90 Å². The minimum atomic E-state index is -1.31. The number of amides is 1. The number of halogens is 2. The summed E-state index contributed by atoms with van der Waals surface area (Å²) in [6.07, 6.45) is 0.115. The van der Waals surface area contributed by atoms with Gasteiger partial charge in [0.1, 0.15) is 28.9 Å². The number of carbonyl (C=O) groups is 1. The first-order chi connectivity index (χ1) is 22.1. The van der Waals surface area contributed by atoms with Crippen LogP contribution in [0.1, 0.15) is 24.1 Å². The first kappa shape index (κ1) is 32.6. The van der Waals surface area contributed by atoms with Gasteiger partial charge in [-0.05, 0) is 68.6 Å². The SMILES string of the molecule is COc1ccc(OC)c(C(c2ccc(Cl)cc2OC)N(C(=O)O)c2ccnc(Nc3ccc(N4CCN(C)C(C)C4)c(F)c3)n2)c1. The number of ether oxygens (including phenoxy) is 3. The fourth-order valence-corrected chi connectivity index (χ4v) is 5.69. The molecule has 1 fully saturated rings. The molecule has 2 unspecified atom stereocenters. The van der Waals surface area contributed by atoms with Crippen LogP contribution in [0.15, 0.2) is 66.9 Å². The summed E-state index contributed by atoms with van der Waals surface area (Å²) in [7, 11) is 6.55. The lowest BCUT2D eigenvalue weighted by atomic mass is 9.95. The van der Waals surface area contributed by atoms with Gasteiger partial charge >= 0.3 is 6.09 Å². The number of anilines is 4. The molecule has 13 heteroatoms. The molecule has 2 heterocycles. The van der Waals surface area contributed by atoms with Gasteiger partial charge in [-0.2, -0.15) is 4.98 Å². The van der Waals surface area contributed by atoms with Gasteiger partial charge in [-0.15, -0.1) is 0 Å². The number of aromatic nitrogens is 2. The average Bonchev–Trinajstić information content (AvgIpc) is 3.04. The van der Waals surface area contributed by atoms with E-state index in [4.69, 9.17) is 25.8 Å². The third-order valence-electron chi connectivity index (χ3n) is 8.08. The van der Waals surface area contributed by atoms with E-state index in [-0.39, 0.29) is 17.6 Å². The Morgan fingerprint density at radius 2 is 1.80 bits per heavy atom. The fraction of sp³-hybridized carbons (Fsp3) is 0.303. The molecular formula is C33H36ClFN6O5. The standard InChI is InChI=1S/C33H36ClFN6O5/c1-20-19-40(15-14-39(20)2)27-10-7-22(17-26(27)35)37-32-36-13-12-30(38-32)41(33(42)43)31(24-9-6-21(34)16-29(24)46-5)25-18-23(44-3)8-11-28(25)45-4/h6-13,16-18,20,31H,14-15,19H2,1-5H3,(H,42,43)(H,36,37,38). The van der Waals surface area contributed by atoms with Crippen LogP contribution in [0.2, 0.25) is 5.02 Å². The number of nitrogens with zero attached hydrogens (tertiary/aromatic N) is 5. The highest BCUT2D eigenvalue weighted by atomic mass is 35.5. The van der Waals surface area contributed by atoms with Crippen molar-refractivity contribution in [2.75, 3.05) is 63.1 Å². The molecule has 3 aromatic carbocycles. The Bertz CT molecular complexity index is 1710. The van der Waals surface area contributed by atoms with Gasteiger partial charge in [0, 0.05) is 53.7 Å². The second-order valence-electron chi connectivity index (χ2n) is 10.9. The molecule has 2 atom stereocenters. The molecule has 1 aliphatic rings. The summed E-state index contributed by atoms with van der Waals surface area (Å²) in [4.78, 5) is 27.3. The van der Waals surface area contributed by atoms with E-state index in [1.165, 1.54) is 39.7 Å². The Morgan fingerprint density at radius 1 is 1.02 bits per heavy atom. The molecule has 0 bridgehead atoms. The molecule has 0 spiro atoms. The molecule has 46 heavy (non-hydrogen) atoms.